The number of sulfonamides is 1. The third-order valence-corrected chi connectivity index (χ3v) is 7.48. The van der Waals surface area contributed by atoms with Gasteiger partial charge in [0.1, 0.15) is 0 Å². The summed E-state index contributed by atoms with van der Waals surface area (Å²) in [6.45, 7) is 4.15. The zero-order chi connectivity index (χ0) is 24.6. The van der Waals surface area contributed by atoms with E-state index in [4.69, 9.17) is 0 Å². The van der Waals surface area contributed by atoms with Gasteiger partial charge in [-0.3, -0.25) is 9.52 Å². The lowest BCUT2D eigenvalue weighted by Gasteiger charge is -2.20. The van der Waals surface area contributed by atoms with Crippen molar-refractivity contribution in [3.63, 3.8) is 0 Å². The van der Waals surface area contributed by atoms with E-state index >= 15 is 0 Å². The molecule has 0 unspecified atom stereocenters. The number of benzene rings is 3. The maximum Gasteiger partial charge on any atom is 0.323 e. The zero-order valence-electron chi connectivity index (χ0n) is 19.1. The molecule has 5 rings (SSSR count). The van der Waals surface area contributed by atoms with Crippen LogP contribution in [0.5, 0.6) is 0 Å². The quantitative estimate of drug-likeness (QED) is 0.326. The average Bonchev–Trinajstić information content (AvgIpc) is 3.48. The number of aromatic amines is 2. The molecule has 10 heteroatoms. The summed E-state index contributed by atoms with van der Waals surface area (Å²) in [5.41, 5.74) is 4.23. The summed E-state index contributed by atoms with van der Waals surface area (Å²) in [5.74, 6) is -0.283. The number of nitrogens with one attached hydrogen (secondary N) is 4. The molecule has 3 aromatic carbocycles. The third-order valence-electron chi connectivity index (χ3n) is 6.10. The van der Waals surface area contributed by atoms with Crippen LogP contribution < -0.4 is 20.6 Å². The molecule has 0 spiro atoms. The molecular weight excluding hydrogens is 466 g/mol. The topological polar surface area (TPSA) is 127 Å². The first-order valence-corrected chi connectivity index (χ1v) is 12.8. The fourth-order valence-corrected chi connectivity index (χ4v) is 5.42. The van der Waals surface area contributed by atoms with Crippen molar-refractivity contribution in [2.24, 2.45) is 0 Å². The van der Waals surface area contributed by atoms with E-state index in [1.54, 1.807) is 12.1 Å². The van der Waals surface area contributed by atoms with Crippen LogP contribution in [0.4, 0.5) is 17.1 Å². The van der Waals surface area contributed by atoms with Gasteiger partial charge in [0.15, 0.2) is 0 Å². The second-order valence-electron chi connectivity index (χ2n) is 8.62. The summed E-state index contributed by atoms with van der Waals surface area (Å²) in [6.07, 6.45) is 2.40. The molecule has 0 radical (unpaired) electrons. The van der Waals surface area contributed by atoms with Gasteiger partial charge in [-0.25, -0.2) is 13.2 Å². The highest BCUT2D eigenvalue weighted by Gasteiger charge is 2.17. The minimum atomic E-state index is -3.88. The Hall–Kier alpha value is -4.05. The number of hydrogen-bond acceptors (Lipinski definition) is 5. The van der Waals surface area contributed by atoms with E-state index in [0.717, 1.165) is 18.7 Å². The first-order valence-electron chi connectivity index (χ1n) is 11.3. The standard InChI is InChI=1S/C25H25N5O4S/c1-16-14-19(8-11-23(16)30-12-2-3-13-30)26-24(31)17-4-6-18(7-5-17)29-35(33,34)20-9-10-21-22(15-20)28-25(32)27-21/h4-11,14-15,29H,2-3,12-13H2,1H3,(H,26,31)(H2,27,28,32). The summed E-state index contributed by atoms with van der Waals surface area (Å²) in [6, 6.07) is 16.4. The van der Waals surface area contributed by atoms with Crippen molar-refractivity contribution in [2.45, 2.75) is 24.7 Å². The van der Waals surface area contributed by atoms with Crippen molar-refractivity contribution in [1.82, 2.24) is 9.97 Å². The van der Waals surface area contributed by atoms with Crippen LogP contribution >= 0.6 is 0 Å². The highest BCUT2D eigenvalue weighted by molar-refractivity contribution is 7.92. The normalized spacial score (nSPS) is 13.8. The molecule has 1 amide bonds. The van der Waals surface area contributed by atoms with Crippen molar-refractivity contribution in [1.29, 1.82) is 0 Å². The Morgan fingerprint density at radius 2 is 1.57 bits per heavy atom. The van der Waals surface area contributed by atoms with Gasteiger partial charge in [0, 0.05) is 35.7 Å². The molecule has 1 saturated heterocycles. The number of aryl methyl sites for hydroxylation is 1. The number of imidazole rings is 1. The second-order valence-corrected chi connectivity index (χ2v) is 10.3. The van der Waals surface area contributed by atoms with Crippen LogP contribution in [0.25, 0.3) is 11.0 Å². The molecule has 0 aliphatic carbocycles. The molecule has 0 atom stereocenters. The van der Waals surface area contributed by atoms with Crippen LogP contribution in [0, 0.1) is 6.92 Å². The zero-order valence-corrected chi connectivity index (χ0v) is 19.9. The van der Waals surface area contributed by atoms with E-state index in [1.807, 2.05) is 25.1 Å². The summed E-state index contributed by atoms with van der Waals surface area (Å²) in [7, 11) is -3.88. The van der Waals surface area contributed by atoms with E-state index in [0.29, 0.717) is 28.0 Å². The van der Waals surface area contributed by atoms with Gasteiger partial charge in [-0.2, -0.15) is 0 Å². The molecule has 1 fully saturated rings. The molecular formula is C25H25N5O4S. The van der Waals surface area contributed by atoms with Crippen molar-refractivity contribution in [3.05, 3.63) is 82.3 Å². The van der Waals surface area contributed by atoms with Gasteiger partial charge in [0.05, 0.1) is 15.9 Å². The molecule has 0 saturated carbocycles. The molecule has 180 valence electrons. The number of carbonyl (C=O) groups is 1. The summed E-state index contributed by atoms with van der Waals surface area (Å²) in [4.78, 5) is 31.6. The minimum absolute atomic E-state index is 0.00909. The number of hydrogen-bond donors (Lipinski definition) is 4. The summed E-state index contributed by atoms with van der Waals surface area (Å²) >= 11 is 0. The Balaban J connectivity index is 1.27. The number of carbonyl (C=O) groups excluding carboxylic acids is 1. The van der Waals surface area contributed by atoms with Crippen LogP contribution in [0.3, 0.4) is 0 Å². The van der Waals surface area contributed by atoms with Crippen LogP contribution in [-0.4, -0.2) is 37.4 Å². The Bertz CT molecular complexity index is 1570. The third kappa shape index (κ3) is 4.78. The van der Waals surface area contributed by atoms with Gasteiger partial charge >= 0.3 is 5.69 Å². The summed E-state index contributed by atoms with van der Waals surface area (Å²) < 4.78 is 28.0. The lowest BCUT2D eigenvalue weighted by Crippen LogP contribution is -2.19. The number of anilines is 3. The number of aromatic nitrogens is 2. The van der Waals surface area contributed by atoms with Crippen molar-refractivity contribution in [3.8, 4) is 0 Å². The Kier molecular flexibility index (Phi) is 5.81. The number of fused-ring (bicyclic) bond motifs is 1. The first kappa shape index (κ1) is 22.7. The van der Waals surface area contributed by atoms with Crippen LogP contribution in [0.2, 0.25) is 0 Å². The molecule has 9 nitrogen and oxygen atoms in total. The predicted octanol–water partition coefficient (Wildman–Crippen LogP) is 3.82. The average molecular weight is 492 g/mol. The van der Waals surface area contributed by atoms with Gasteiger partial charge < -0.3 is 20.2 Å². The lowest BCUT2D eigenvalue weighted by atomic mass is 10.1. The largest absolute Gasteiger partial charge is 0.371 e. The molecule has 4 aromatic rings. The van der Waals surface area contributed by atoms with E-state index < -0.39 is 15.7 Å². The Labute approximate surface area is 202 Å². The van der Waals surface area contributed by atoms with Gasteiger partial charge in [0.2, 0.25) is 0 Å². The highest BCUT2D eigenvalue weighted by atomic mass is 32.2. The maximum absolute atomic E-state index is 12.8. The maximum atomic E-state index is 12.8. The number of H-pyrrole nitrogens is 2. The van der Waals surface area contributed by atoms with Crippen molar-refractivity contribution in [2.75, 3.05) is 28.0 Å². The van der Waals surface area contributed by atoms with Crippen LogP contribution in [-0.2, 0) is 10.0 Å². The minimum Gasteiger partial charge on any atom is -0.371 e. The smallest absolute Gasteiger partial charge is 0.323 e. The molecule has 1 aliphatic heterocycles. The van der Waals surface area contributed by atoms with Gasteiger partial charge in [-0.05, 0) is 86.0 Å². The second kappa shape index (κ2) is 8.95. The Morgan fingerprint density at radius 3 is 2.29 bits per heavy atom. The predicted molar refractivity (Wildman–Crippen MR) is 137 cm³/mol. The molecule has 2 heterocycles. The van der Waals surface area contributed by atoms with E-state index in [-0.39, 0.29) is 10.8 Å². The van der Waals surface area contributed by atoms with E-state index in [9.17, 15) is 18.0 Å². The summed E-state index contributed by atoms with van der Waals surface area (Å²) in [5, 5.41) is 2.90. The first-order chi connectivity index (χ1) is 16.8. The molecule has 1 aliphatic rings. The van der Waals surface area contributed by atoms with E-state index in [1.165, 1.54) is 48.9 Å². The molecule has 0 bridgehead atoms. The van der Waals surface area contributed by atoms with Crippen LogP contribution in [0.15, 0.2) is 70.4 Å². The lowest BCUT2D eigenvalue weighted by molar-refractivity contribution is 0.102. The number of rotatable bonds is 6. The van der Waals surface area contributed by atoms with Crippen molar-refractivity contribution >= 4 is 44.0 Å². The molecule has 4 N–H and O–H groups in total. The molecule has 1 aromatic heterocycles. The van der Waals surface area contributed by atoms with Gasteiger partial charge in [-0.15, -0.1) is 0 Å². The highest BCUT2D eigenvalue weighted by Crippen LogP contribution is 2.27. The fourth-order valence-electron chi connectivity index (χ4n) is 4.33. The number of amides is 1. The molecule has 35 heavy (non-hydrogen) atoms. The number of nitrogens with zero attached hydrogens (tertiary/aromatic N) is 1. The van der Waals surface area contributed by atoms with Gasteiger partial charge in [-0.1, -0.05) is 0 Å². The Morgan fingerprint density at radius 1 is 0.886 bits per heavy atom. The SMILES string of the molecule is Cc1cc(NC(=O)c2ccc(NS(=O)(=O)c3ccc4[nH]c(=O)[nH]c4c3)cc2)ccc1N1CCCC1. The van der Waals surface area contributed by atoms with Gasteiger partial charge in [0.25, 0.3) is 15.9 Å². The van der Waals surface area contributed by atoms with Crippen molar-refractivity contribution < 1.29 is 13.2 Å². The fraction of sp³-hybridized carbons (Fsp3) is 0.200. The van der Waals surface area contributed by atoms with E-state index in [2.05, 4.69) is 24.9 Å². The monoisotopic (exact) mass is 491 g/mol. The van der Waals surface area contributed by atoms with Crippen LogP contribution in [0.1, 0.15) is 28.8 Å².